The van der Waals surface area contributed by atoms with Gasteiger partial charge in [-0.25, -0.2) is 4.79 Å². The first kappa shape index (κ1) is 14.2. The summed E-state index contributed by atoms with van der Waals surface area (Å²) in [7, 11) is 0. The fourth-order valence-electron chi connectivity index (χ4n) is 2.14. The summed E-state index contributed by atoms with van der Waals surface area (Å²) in [6.45, 7) is 0. The summed E-state index contributed by atoms with van der Waals surface area (Å²) >= 11 is 0. The zero-order valence-electron chi connectivity index (χ0n) is 11.0. The van der Waals surface area contributed by atoms with E-state index in [2.05, 4.69) is 0 Å². The molecule has 0 radical (unpaired) electrons. The minimum atomic E-state index is -0.667. The number of nitrogens with zero attached hydrogens (tertiary/aromatic N) is 1. The van der Waals surface area contributed by atoms with E-state index >= 15 is 0 Å². The Bertz CT molecular complexity index is 512. The smallest absolute Gasteiger partial charge is 0.333 e. The number of ketones is 1. The SMILES string of the molecule is O=C(CC1CC=CCCCC1=O)On1c(O)ccc1O. The summed E-state index contributed by atoms with van der Waals surface area (Å²) in [5.41, 5.74) is 0. The van der Waals surface area contributed by atoms with Crippen LogP contribution in [0.5, 0.6) is 11.8 Å². The normalized spacial score (nSPS) is 19.4. The second-order valence-electron chi connectivity index (χ2n) is 4.77. The average Bonchev–Trinajstić information content (AvgIpc) is 2.70. The second kappa shape index (κ2) is 6.27. The number of carbonyl (C=O) groups is 2. The monoisotopic (exact) mass is 279 g/mol. The Morgan fingerprint density at radius 3 is 2.70 bits per heavy atom. The highest BCUT2D eigenvalue weighted by molar-refractivity contribution is 5.85. The summed E-state index contributed by atoms with van der Waals surface area (Å²) in [5, 5.41) is 18.7. The highest BCUT2D eigenvalue weighted by atomic mass is 16.7. The van der Waals surface area contributed by atoms with E-state index in [1.54, 1.807) is 0 Å². The number of allylic oxidation sites excluding steroid dienone is 2. The largest absolute Gasteiger partial charge is 0.492 e. The number of hydrogen-bond acceptors (Lipinski definition) is 5. The van der Waals surface area contributed by atoms with E-state index in [0.29, 0.717) is 17.6 Å². The van der Waals surface area contributed by atoms with Gasteiger partial charge in [0, 0.05) is 24.5 Å². The average molecular weight is 279 g/mol. The maximum absolute atomic E-state index is 11.9. The minimum Gasteiger partial charge on any atom is -0.492 e. The molecule has 1 aromatic heterocycles. The number of hydrogen-bond donors (Lipinski definition) is 2. The molecular formula is C14H17NO5. The van der Waals surface area contributed by atoms with Crippen molar-refractivity contribution in [2.75, 3.05) is 0 Å². The minimum absolute atomic E-state index is 0.0484. The van der Waals surface area contributed by atoms with Crippen LogP contribution in [0.3, 0.4) is 0 Å². The summed E-state index contributed by atoms with van der Waals surface area (Å²) in [6, 6.07) is 2.40. The third kappa shape index (κ3) is 3.40. The Kier molecular flexibility index (Phi) is 4.45. The molecule has 6 heteroatoms. The molecule has 0 aliphatic heterocycles. The second-order valence-corrected chi connectivity index (χ2v) is 4.77. The van der Waals surface area contributed by atoms with Crippen molar-refractivity contribution in [3.8, 4) is 11.8 Å². The standard InChI is InChI=1S/C14H17NO5/c16-11-6-4-2-1-3-5-10(11)9-14(19)20-15-12(17)7-8-13(15)18/h1,3,7-8,10,17-18H,2,4-6,9H2. The summed E-state index contributed by atoms with van der Waals surface area (Å²) in [4.78, 5) is 28.5. The van der Waals surface area contributed by atoms with Crippen LogP contribution in [0.2, 0.25) is 0 Å². The predicted octanol–water partition coefficient (Wildman–Crippen LogP) is 1.56. The Hall–Kier alpha value is -2.24. The molecule has 1 aromatic rings. The quantitative estimate of drug-likeness (QED) is 0.820. The molecule has 0 bridgehead atoms. The van der Waals surface area contributed by atoms with Gasteiger partial charge in [-0.05, 0) is 19.3 Å². The topological polar surface area (TPSA) is 88.8 Å². The molecule has 1 aliphatic rings. The van der Waals surface area contributed by atoms with Crippen molar-refractivity contribution in [3.05, 3.63) is 24.3 Å². The molecule has 0 saturated carbocycles. The Labute approximate surface area is 116 Å². The molecule has 0 saturated heterocycles. The highest BCUT2D eigenvalue weighted by Gasteiger charge is 2.23. The number of Topliss-reactive ketones (excluding diaryl/α,β-unsaturated/α-hetero) is 1. The van der Waals surface area contributed by atoms with Gasteiger partial charge in [0.15, 0.2) is 0 Å². The zero-order chi connectivity index (χ0) is 14.5. The predicted molar refractivity (Wildman–Crippen MR) is 70.1 cm³/mol. The van der Waals surface area contributed by atoms with E-state index in [9.17, 15) is 19.8 Å². The van der Waals surface area contributed by atoms with E-state index in [4.69, 9.17) is 4.84 Å². The molecule has 6 nitrogen and oxygen atoms in total. The lowest BCUT2D eigenvalue weighted by atomic mass is 9.91. The molecule has 0 spiro atoms. The van der Waals surface area contributed by atoms with Crippen molar-refractivity contribution in [1.29, 1.82) is 0 Å². The first-order valence-electron chi connectivity index (χ1n) is 6.56. The lowest BCUT2D eigenvalue weighted by Crippen LogP contribution is -2.25. The van der Waals surface area contributed by atoms with Gasteiger partial charge >= 0.3 is 5.97 Å². The molecule has 1 heterocycles. The Balaban J connectivity index is 1.98. The van der Waals surface area contributed by atoms with Crippen molar-refractivity contribution in [2.45, 2.75) is 32.1 Å². The molecule has 0 fully saturated rings. The number of rotatable bonds is 3. The number of carbonyl (C=O) groups excluding carboxylic acids is 2. The van der Waals surface area contributed by atoms with Crippen LogP contribution in [0.25, 0.3) is 0 Å². The first-order chi connectivity index (χ1) is 9.58. The van der Waals surface area contributed by atoms with Crippen molar-refractivity contribution < 1.29 is 24.6 Å². The van der Waals surface area contributed by atoms with Gasteiger partial charge in [0.25, 0.3) is 0 Å². The maximum Gasteiger partial charge on any atom is 0.333 e. The maximum atomic E-state index is 11.9. The molecular weight excluding hydrogens is 262 g/mol. The van der Waals surface area contributed by atoms with Gasteiger partial charge in [-0.3, -0.25) is 4.79 Å². The van der Waals surface area contributed by atoms with Gasteiger partial charge in [-0.15, -0.1) is 4.73 Å². The van der Waals surface area contributed by atoms with E-state index < -0.39 is 11.9 Å². The van der Waals surface area contributed by atoms with Crippen LogP contribution in [0.4, 0.5) is 0 Å². The van der Waals surface area contributed by atoms with Crippen LogP contribution in [0.15, 0.2) is 24.3 Å². The Morgan fingerprint density at radius 1 is 1.30 bits per heavy atom. The van der Waals surface area contributed by atoms with E-state index in [1.807, 2.05) is 12.2 Å². The van der Waals surface area contributed by atoms with Gasteiger partial charge in [-0.2, -0.15) is 0 Å². The van der Waals surface area contributed by atoms with Crippen LogP contribution >= 0.6 is 0 Å². The molecule has 2 N–H and O–H groups in total. The van der Waals surface area contributed by atoms with Crippen LogP contribution in [0.1, 0.15) is 32.1 Å². The van der Waals surface area contributed by atoms with Crippen LogP contribution in [0, 0.1) is 5.92 Å². The van der Waals surface area contributed by atoms with Crippen molar-refractivity contribution in [3.63, 3.8) is 0 Å². The van der Waals surface area contributed by atoms with Crippen molar-refractivity contribution in [2.24, 2.45) is 5.92 Å². The molecule has 2 rings (SSSR count). The van der Waals surface area contributed by atoms with E-state index in [-0.39, 0.29) is 24.0 Å². The number of aromatic hydroxyl groups is 2. The van der Waals surface area contributed by atoms with E-state index in [1.165, 1.54) is 12.1 Å². The summed E-state index contributed by atoms with van der Waals surface area (Å²) < 4.78 is 0.631. The van der Waals surface area contributed by atoms with Gasteiger partial charge in [0.2, 0.25) is 11.8 Å². The third-order valence-corrected chi connectivity index (χ3v) is 3.24. The summed E-state index contributed by atoms with van der Waals surface area (Å²) in [6.07, 6.45) is 6.49. The third-order valence-electron chi connectivity index (χ3n) is 3.24. The zero-order valence-corrected chi connectivity index (χ0v) is 11.0. The van der Waals surface area contributed by atoms with Crippen molar-refractivity contribution in [1.82, 2.24) is 4.73 Å². The van der Waals surface area contributed by atoms with Crippen molar-refractivity contribution >= 4 is 11.8 Å². The van der Waals surface area contributed by atoms with Gasteiger partial charge in [-0.1, -0.05) is 12.2 Å². The molecule has 0 amide bonds. The van der Waals surface area contributed by atoms with Crippen LogP contribution in [-0.4, -0.2) is 26.7 Å². The van der Waals surface area contributed by atoms with Crippen LogP contribution in [-0.2, 0) is 9.59 Å². The fourth-order valence-corrected chi connectivity index (χ4v) is 2.14. The lowest BCUT2D eigenvalue weighted by molar-refractivity contribution is -0.148. The molecule has 20 heavy (non-hydrogen) atoms. The molecule has 1 atom stereocenters. The van der Waals surface area contributed by atoms with Gasteiger partial charge in [0.1, 0.15) is 5.78 Å². The Morgan fingerprint density at radius 2 is 2.00 bits per heavy atom. The molecule has 1 unspecified atom stereocenters. The summed E-state index contributed by atoms with van der Waals surface area (Å²) in [5.74, 6) is -1.77. The number of aromatic nitrogens is 1. The first-order valence-corrected chi connectivity index (χ1v) is 6.56. The fraction of sp³-hybridized carbons (Fsp3) is 0.429. The lowest BCUT2D eigenvalue weighted by Gasteiger charge is -2.15. The highest BCUT2D eigenvalue weighted by Crippen LogP contribution is 2.21. The molecule has 1 aliphatic carbocycles. The molecule has 0 aromatic carbocycles. The van der Waals surface area contributed by atoms with Crippen LogP contribution < -0.4 is 4.84 Å². The van der Waals surface area contributed by atoms with Gasteiger partial charge in [0.05, 0.1) is 6.42 Å². The van der Waals surface area contributed by atoms with Gasteiger partial charge < -0.3 is 15.1 Å². The van der Waals surface area contributed by atoms with E-state index in [0.717, 1.165) is 12.8 Å². The molecule has 108 valence electrons.